The van der Waals surface area contributed by atoms with Gasteiger partial charge in [-0.25, -0.2) is 4.79 Å². The van der Waals surface area contributed by atoms with Gasteiger partial charge in [0.15, 0.2) is 0 Å². The van der Waals surface area contributed by atoms with Crippen molar-refractivity contribution in [3.8, 4) is 0 Å². The number of halogens is 2. The standard InChI is InChI=1S/C19H32Cl2O3/c1-16(2,20)18(11-7-5-8-12-18)23-15(22)24-19(17(3,4)21)13-9-6-10-14-19/h5-14H2,1-4H3. The number of alkyl halides is 2. The normalized spacial score (nSPS) is 24.2. The van der Waals surface area contributed by atoms with Crippen LogP contribution in [0.1, 0.15) is 91.9 Å². The summed E-state index contributed by atoms with van der Waals surface area (Å²) in [5.74, 6) is 0. The molecule has 0 aliphatic heterocycles. The lowest BCUT2D eigenvalue weighted by atomic mass is 9.76. The zero-order chi connectivity index (χ0) is 18.1. The van der Waals surface area contributed by atoms with Gasteiger partial charge in [-0.15, -0.1) is 23.2 Å². The Kier molecular flexibility index (Phi) is 6.07. The lowest BCUT2D eigenvalue weighted by Gasteiger charge is -2.47. The monoisotopic (exact) mass is 378 g/mol. The molecule has 0 unspecified atom stereocenters. The highest BCUT2D eigenvalue weighted by Gasteiger charge is 2.52. The third-order valence-corrected chi connectivity index (χ3v) is 6.74. The molecule has 140 valence electrons. The van der Waals surface area contributed by atoms with E-state index in [-0.39, 0.29) is 0 Å². The summed E-state index contributed by atoms with van der Waals surface area (Å²) >= 11 is 13.2. The van der Waals surface area contributed by atoms with Crippen LogP contribution in [0.5, 0.6) is 0 Å². The number of hydrogen-bond donors (Lipinski definition) is 0. The average Bonchev–Trinajstić information content (AvgIpc) is 2.46. The van der Waals surface area contributed by atoms with E-state index in [2.05, 4.69) is 0 Å². The zero-order valence-corrected chi connectivity index (χ0v) is 17.1. The molecule has 5 heteroatoms. The van der Waals surface area contributed by atoms with Crippen LogP contribution in [-0.2, 0) is 9.47 Å². The molecule has 2 saturated carbocycles. The Labute approximate surface area is 156 Å². The molecule has 0 saturated heterocycles. The maximum absolute atomic E-state index is 12.7. The summed E-state index contributed by atoms with van der Waals surface area (Å²) in [6.45, 7) is 7.70. The van der Waals surface area contributed by atoms with Gasteiger partial charge in [-0.3, -0.25) is 0 Å². The van der Waals surface area contributed by atoms with E-state index >= 15 is 0 Å². The molecule has 0 spiro atoms. The Morgan fingerprint density at radius 3 is 1.25 bits per heavy atom. The first kappa shape index (κ1) is 20.2. The fourth-order valence-corrected chi connectivity index (χ4v) is 4.68. The molecular formula is C19H32Cl2O3. The van der Waals surface area contributed by atoms with Gasteiger partial charge in [0.25, 0.3) is 0 Å². The molecule has 0 radical (unpaired) electrons. The summed E-state index contributed by atoms with van der Waals surface area (Å²) < 4.78 is 11.8. The van der Waals surface area contributed by atoms with Crippen molar-refractivity contribution >= 4 is 29.4 Å². The highest BCUT2D eigenvalue weighted by atomic mass is 35.5. The lowest BCUT2D eigenvalue weighted by Crippen LogP contribution is -2.55. The van der Waals surface area contributed by atoms with Gasteiger partial charge in [0.2, 0.25) is 0 Å². The van der Waals surface area contributed by atoms with Crippen molar-refractivity contribution in [1.82, 2.24) is 0 Å². The van der Waals surface area contributed by atoms with Crippen molar-refractivity contribution in [2.24, 2.45) is 0 Å². The van der Waals surface area contributed by atoms with E-state index in [4.69, 9.17) is 32.7 Å². The van der Waals surface area contributed by atoms with Crippen LogP contribution in [0, 0.1) is 0 Å². The summed E-state index contributed by atoms with van der Waals surface area (Å²) in [7, 11) is 0. The molecule has 0 aromatic carbocycles. The average molecular weight is 379 g/mol. The van der Waals surface area contributed by atoms with Gasteiger partial charge in [0.1, 0.15) is 11.2 Å². The van der Waals surface area contributed by atoms with E-state index < -0.39 is 27.1 Å². The first-order chi connectivity index (χ1) is 11.0. The second kappa shape index (κ2) is 7.23. The van der Waals surface area contributed by atoms with Crippen LogP contribution in [-0.4, -0.2) is 27.1 Å². The predicted molar refractivity (Wildman–Crippen MR) is 99.1 cm³/mol. The maximum Gasteiger partial charge on any atom is 0.509 e. The highest BCUT2D eigenvalue weighted by Crippen LogP contribution is 2.47. The predicted octanol–water partition coefficient (Wildman–Crippen LogP) is 6.58. The second-order valence-electron chi connectivity index (χ2n) is 8.51. The maximum atomic E-state index is 12.7. The van der Waals surface area contributed by atoms with Crippen LogP contribution in [0.25, 0.3) is 0 Å². The largest absolute Gasteiger partial charge is 0.509 e. The van der Waals surface area contributed by atoms with E-state index in [1.54, 1.807) is 0 Å². The highest BCUT2D eigenvalue weighted by molar-refractivity contribution is 6.24. The molecule has 2 aliphatic rings. The summed E-state index contributed by atoms with van der Waals surface area (Å²) in [4.78, 5) is 11.5. The number of carbonyl (C=O) groups is 1. The molecule has 0 amide bonds. The van der Waals surface area contributed by atoms with Crippen molar-refractivity contribution in [1.29, 1.82) is 0 Å². The fraction of sp³-hybridized carbons (Fsp3) is 0.947. The van der Waals surface area contributed by atoms with E-state index in [9.17, 15) is 4.79 Å². The second-order valence-corrected chi connectivity index (χ2v) is 10.4. The molecule has 0 aromatic rings. The molecular weight excluding hydrogens is 347 g/mol. The minimum atomic E-state index is -0.657. The zero-order valence-electron chi connectivity index (χ0n) is 15.6. The van der Waals surface area contributed by atoms with Gasteiger partial charge >= 0.3 is 6.16 Å². The molecule has 24 heavy (non-hydrogen) atoms. The summed E-state index contributed by atoms with van der Waals surface area (Å²) in [5.41, 5.74) is -1.31. The first-order valence-corrected chi connectivity index (χ1v) is 10.1. The van der Waals surface area contributed by atoms with Crippen LogP contribution in [0.4, 0.5) is 4.79 Å². The Morgan fingerprint density at radius 1 is 0.708 bits per heavy atom. The fourth-order valence-electron chi connectivity index (χ4n) is 4.22. The molecule has 0 bridgehead atoms. The minimum absolute atomic E-state index is 0.610. The van der Waals surface area contributed by atoms with Crippen molar-refractivity contribution < 1.29 is 14.3 Å². The minimum Gasteiger partial charge on any atom is -0.426 e. The quantitative estimate of drug-likeness (QED) is 0.409. The Bertz CT molecular complexity index is 397. The van der Waals surface area contributed by atoms with Gasteiger partial charge in [0, 0.05) is 0 Å². The smallest absolute Gasteiger partial charge is 0.426 e. The SMILES string of the molecule is CC(C)(Cl)C1(OC(=O)OC2(C(C)(C)Cl)CCCCC2)CCCCC1. The summed E-state index contributed by atoms with van der Waals surface area (Å²) in [6.07, 6.45) is 8.95. The van der Waals surface area contributed by atoms with Crippen molar-refractivity contribution in [3.05, 3.63) is 0 Å². The van der Waals surface area contributed by atoms with Crippen molar-refractivity contribution in [2.45, 2.75) is 113 Å². The van der Waals surface area contributed by atoms with Crippen LogP contribution in [0.15, 0.2) is 0 Å². The third kappa shape index (κ3) is 4.15. The number of ether oxygens (including phenoxy) is 2. The number of carbonyl (C=O) groups excluding carboxylic acids is 1. The van der Waals surface area contributed by atoms with Gasteiger partial charge in [0.05, 0.1) is 9.75 Å². The Morgan fingerprint density at radius 2 is 1.00 bits per heavy atom. The van der Waals surface area contributed by atoms with E-state index in [0.29, 0.717) is 0 Å². The van der Waals surface area contributed by atoms with E-state index in [1.165, 1.54) is 0 Å². The van der Waals surface area contributed by atoms with E-state index in [0.717, 1.165) is 64.2 Å². The van der Waals surface area contributed by atoms with Crippen LogP contribution in [0.3, 0.4) is 0 Å². The lowest BCUT2D eigenvalue weighted by molar-refractivity contribution is -0.121. The third-order valence-electron chi connectivity index (χ3n) is 6.05. The van der Waals surface area contributed by atoms with Crippen LogP contribution < -0.4 is 0 Å². The Hall–Kier alpha value is -0.150. The van der Waals surface area contributed by atoms with Crippen molar-refractivity contribution in [2.75, 3.05) is 0 Å². The Balaban J connectivity index is 2.15. The van der Waals surface area contributed by atoms with Gasteiger partial charge in [-0.1, -0.05) is 12.8 Å². The van der Waals surface area contributed by atoms with Crippen LogP contribution >= 0.6 is 23.2 Å². The van der Waals surface area contributed by atoms with Crippen LogP contribution in [0.2, 0.25) is 0 Å². The molecule has 0 aromatic heterocycles. The molecule has 0 heterocycles. The molecule has 0 atom stereocenters. The van der Waals surface area contributed by atoms with Crippen molar-refractivity contribution in [3.63, 3.8) is 0 Å². The first-order valence-electron chi connectivity index (χ1n) is 9.31. The molecule has 2 rings (SSSR count). The molecule has 2 fully saturated rings. The molecule has 2 aliphatic carbocycles. The van der Waals surface area contributed by atoms with E-state index in [1.807, 2.05) is 27.7 Å². The van der Waals surface area contributed by atoms with Gasteiger partial charge in [-0.05, 0) is 79.1 Å². The molecule has 3 nitrogen and oxygen atoms in total. The summed E-state index contributed by atoms with van der Waals surface area (Å²) in [5, 5.41) is 0. The van der Waals surface area contributed by atoms with Gasteiger partial charge < -0.3 is 9.47 Å². The molecule has 0 N–H and O–H groups in total. The summed E-state index contributed by atoms with van der Waals surface area (Å²) in [6, 6.07) is 0. The number of rotatable bonds is 4. The van der Waals surface area contributed by atoms with Gasteiger partial charge in [-0.2, -0.15) is 0 Å². The number of hydrogen-bond acceptors (Lipinski definition) is 3. The topological polar surface area (TPSA) is 35.5 Å².